The summed E-state index contributed by atoms with van der Waals surface area (Å²) < 4.78 is 52.8. The van der Waals surface area contributed by atoms with Gasteiger partial charge < -0.3 is 4.90 Å². The highest BCUT2D eigenvalue weighted by Crippen LogP contribution is 2.19. The quantitative estimate of drug-likeness (QED) is 0.851. The van der Waals surface area contributed by atoms with Crippen molar-refractivity contribution in [3.05, 3.63) is 59.7 Å². The van der Waals surface area contributed by atoms with E-state index in [2.05, 4.69) is 4.72 Å². The second-order valence-corrected chi connectivity index (χ2v) is 6.92. The van der Waals surface area contributed by atoms with Crippen LogP contribution in [-0.4, -0.2) is 32.3 Å². The van der Waals surface area contributed by atoms with Crippen molar-refractivity contribution in [2.45, 2.75) is 18.7 Å². The summed E-state index contributed by atoms with van der Waals surface area (Å²) >= 11 is 0. The molecule has 2 aromatic carbocycles. The van der Waals surface area contributed by atoms with Crippen molar-refractivity contribution in [1.29, 1.82) is 0 Å². The fourth-order valence-corrected chi connectivity index (χ4v) is 3.30. The Morgan fingerprint density at radius 3 is 2.12 bits per heavy atom. The van der Waals surface area contributed by atoms with Gasteiger partial charge in [-0.3, -0.25) is 9.52 Å². The molecule has 0 saturated carbocycles. The van der Waals surface area contributed by atoms with E-state index in [-0.39, 0.29) is 11.6 Å². The summed E-state index contributed by atoms with van der Waals surface area (Å²) in [5.74, 6) is -2.53. The Bertz CT molecular complexity index is 864. The maximum atomic E-state index is 13.2. The molecule has 0 atom stereocenters. The Labute approximate surface area is 145 Å². The lowest BCUT2D eigenvalue weighted by Gasteiger charge is -2.18. The largest absolute Gasteiger partial charge is 0.339 e. The van der Waals surface area contributed by atoms with Crippen LogP contribution >= 0.6 is 0 Å². The number of amides is 1. The van der Waals surface area contributed by atoms with Crippen LogP contribution in [0.5, 0.6) is 0 Å². The number of carbonyl (C=O) groups is 1. The topological polar surface area (TPSA) is 66.5 Å². The van der Waals surface area contributed by atoms with Gasteiger partial charge >= 0.3 is 0 Å². The molecule has 134 valence electrons. The number of hydrogen-bond acceptors (Lipinski definition) is 3. The zero-order valence-electron chi connectivity index (χ0n) is 13.8. The summed E-state index contributed by atoms with van der Waals surface area (Å²) in [6.45, 7) is 4.87. The summed E-state index contributed by atoms with van der Waals surface area (Å²) in [5, 5.41) is 0. The molecule has 0 bridgehead atoms. The molecule has 1 amide bonds. The third-order valence-electron chi connectivity index (χ3n) is 3.64. The number of halogens is 2. The van der Waals surface area contributed by atoms with E-state index in [1.54, 1.807) is 4.90 Å². The minimum Gasteiger partial charge on any atom is -0.339 e. The first-order chi connectivity index (χ1) is 11.8. The first-order valence-corrected chi connectivity index (χ1v) is 9.14. The highest BCUT2D eigenvalue weighted by molar-refractivity contribution is 7.92. The number of sulfonamides is 1. The van der Waals surface area contributed by atoms with Crippen molar-refractivity contribution < 1.29 is 22.0 Å². The van der Waals surface area contributed by atoms with E-state index in [0.29, 0.717) is 24.7 Å². The Morgan fingerprint density at radius 2 is 1.60 bits per heavy atom. The average Bonchev–Trinajstić information content (AvgIpc) is 2.58. The molecule has 0 aliphatic heterocycles. The third kappa shape index (κ3) is 4.33. The van der Waals surface area contributed by atoms with Gasteiger partial charge in [0, 0.05) is 24.3 Å². The lowest BCUT2D eigenvalue weighted by molar-refractivity contribution is 0.0773. The van der Waals surface area contributed by atoms with Gasteiger partial charge in [-0.25, -0.2) is 17.2 Å². The third-order valence-corrected chi connectivity index (χ3v) is 5.02. The second-order valence-electron chi connectivity index (χ2n) is 5.24. The highest BCUT2D eigenvalue weighted by Gasteiger charge is 2.17. The zero-order valence-corrected chi connectivity index (χ0v) is 14.6. The number of nitrogens with one attached hydrogen (secondary N) is 1. The normalized spacial score (nSPS) is 11.2. The molecule has 0 spiro atoms. The van der Waals surface area contributed by atoms with Gasteiger partial charge in [-0.15, -0.1) is 0 Å². The summed E-state index contributed by atoms with van der Waals surface area (Å²) in [7, 11) is -4.06. The SMILES string of the molecule is CCN(CC)C(=O)c1ccc(NS(=O)(=O)c2ccc(F)c(F)c2)cc1. The summed E-state index contributed by atoms with van der Waals surface area (Å²) in [6.07, 6.45) is 0. The van der Waals surface area contributed by atoms with Gasteiger partial charge in [0.2, 0.25) is 0 Å². The van der Waals surface area contributed by atoms with Crippen LogP contribution in [-0.2, 0) is 10.0 Å². The Balaban J connectivity index is 2.20. The van der Waals surface area contributed by atoms with Crippen LogP contribution in [0.15, 0.2) is 47.4 Å². The molecule has 0 saturated heterocycles. The van der Waals surface area contributed by atoms with Gasteiger partial charge in [-0.2, -0.15) is 0 Å². The number of nitrogens with zero attached hydrogens (tertiary/aromatic N) is 1. The van der Waals surface area contributed by atoms with E-state index < -0.39 is 26.6 Å². The highest BCUT2D eigenvalue weighted by atomic mass is 32.2. The monoisotopic (exact) mass is 368 g/mol. The van der Waals surface area contributed by atoms with Crippen LogP contribution in [0.1, 0.15) is 24.2 Å². The molecule has 0 unspecified atom stereocenters. The van der Waals surface area contributed by atoms with Crippen LogP contribution in [0.3, 0.4) is 0 Å². The van der Waals surface area contributed by atoms with E-state index in [0.717, 1.165) is 12.1 Å². The number of rotatable bonds is 6. The molecule has 25 heavy (non-hydrogen) atoms. The Morgan fingerprint density at radius 1 is 1.00 bits per heavy atom. The minimum atomic E-state index is -4.06. The molecule has 8 heteroatoms. The van der Waals surface area contributed by atoms with Crippen molar-refractivity contribution >= 4 is 21.6 Å². The van der Waals surface area contributed by atoms with Crippen molar-refractivity contribution in [3.8, 4) is 0 Å². The maximum Gasteiger partial charge on any atom is 0.261 e. The molecule has 1 N–H and O–H groups in total. The molecule has 5 nitrogen and oxygen atoms in total. The average molecular weight is 368 g/mol. The Hall–Kier alpha value is -2.48. The molecular formula is C17H18F2N2O3S. The Kier molecular flexibility index (Phi) is 5.73. The maximum absolute atomic E-state index is 13.2. The molecule has 2 rings (SSSR count). The lowest BCUT2D eigenvalue weighted by atomic mass is 10.2. The second kappa shape index (κ2) is 7.60. The first kappa shape index (κ1) is 18.9. The van der Waals surface area contributed by atoms with E-state index in [1.165, 1.54) is 24.3 Å². The van der Waals surface area contributed by atoms with Gasteiger partial charge in [0.25, 0.3) is 15.9 Å². The number of carbonyl (C=O) groups excluding carboxylic acids is 1. The van der Waals surface area contributed by atoms with Crippen molar-refractivity contribution in [2.75, 3.05) is 17.8 Å². The molecule has 0 aromatic heterocycles. The fourth-order valence-electron chi connectivity index (χ4n) is 2.23. The minimum absolute atomic E-state index is 0.153. The number of anilines is 1. The molecule has 0 aliphatic rings. The van der Waals surface area contributed by atoms with Gasteiger partial charge in [0.1, 0.15) is 0 Å². The van der Waals surface area contributed by atoms with E-state index in [9.17, 15) is 22.0 Å². The van der Waals surface area contributed by atoms with Crippen LogP contribution in [0, 0.1) is 11.6 Å². The van der Waals surface area contributed by atoms with Crippen LogP contribution < -0.4 is 4.72 Å². The standard InChI is InChI=1S/C17H18F2N2O3S/c1-3-21(4-2)17(22)12-5-7-13(8-6-12)20-25(23,24)14-9-10-15(18)16(19)11-14/h5-11,20H,3-4H2,1-2H3. The van der Waals surface area contributed by atoms with Crippen LogP contribution in [0.4, 0.5) is 14.5 Å². The van der Waals surface area contributed by atoms with Gasteiger partial charge in [-0.05, 0) is 56.3 Å². The van der Waals surface area contributed by atoms with Gasteiger partial charge in [-0.1, -0.05) is 0 Å². The molecule has 0 aliphatic carbocycles. The molecule has 0 heterocycles. The summed E-state index contributed by atoms with van der Waals surface area (Å²) in [6, 6.07) is 8.21. The van der Waals surface area contributed by atoms with E-state index in [1.807, 2.05) is 13.8 Å². The molecule has 0 radical (unpaired) electrons. The zero-order chi connectivity index (χ0) is 18.6. The van der Waals surface area contributed by atoms with Crippen LogP contribution in [0.2, 0.25) is 0 Å². The van der Waals surface area contributed by atoms with Gasteiger partial charge in [0.05, 0.1) is 4.90 Å². The van der Waals surface area contributed by atoms with E-state index in [4.69, 9.17) is 0 Å². The van der Waals surface area contributed by atoms with Gasteiger partial charge in [0.15, 0.2) is 11.6 Å². The molecule has 0 fully saturated rings. The van der Waals surface area contributed by atoms with E-state index >= 15 is 0 Å². The van der Waals surface area contributed by atoms with Crippen molar-refractivity contribution in [1.82, 2.24) is 4.90 Å². The summed E-state index contributed by atoms with van der Waals surface area (Å²) in [5.41, 5.74) is 0.639. The first-order valence-electron chi connectivity index (χ1n) is 7.65. The predicted molar refractivity (Wildman–Crippen MR) is 90.9 cm³/mol. The molecular weight excluding hydrogens is 350 g/mol. The lowest BCUT2D eigenvalue weighted by Crippen LogP contribution is -2.30. The van der Waals surface area contributed by atoms with Crippen LogP contribution in [0.25, 0.3) is 0 Å². The smallest absolute Gasteiger partial charge is 0.261 e. The summed E-state index contributed by atoms with van der Waals surface area (Å²) in [4.78, 5) is 13.4. The van der Waals surface area contributed by atoms with Crippen molar-refractivity contribution in [3.63, 3.8) is 0 Å². The number of hydrogen-bond donors (Lipinski definition) is 1. The fraction of sp³-hybridized carbons (Fsp3) is 0.235. The predicted octanol–water partition coefficient (Wildman–Crippen LogP) is 3.25. The number of benzene rings is 2. The molecule has 2 aromatic rings. The van der Waals surface area contributed by atoms with Crippen molar-refractivity contribution in [2.24, 2.45) is 0 Å².